The fraction of sp³-hybridized carbons (Fsp3) is 0.467. The van der Waals surface area contributed by atoms with E-state index in [1.807, 2.05) is 6.92 Å². The van der Waals surface area contributed by atoms with Crippen molar-refractivity contribution in [1.82, 2.24) is 15.5 Å². The maximum atomic E-state index is 5.06. The highest BCUT2D eigenvalue weighted by Gasteiger charge is 2.02. The molecule has 0 bridgehead atoms. The van der Waals surface area contributed by atoms with Gasteiger partial charge in [-0.1, -0.05) is 43.3 Å². The molecule has 102 valence electrons. The van der Waals surface area contributed by atoms with E-state index in [0.29, 0.717) is 17.6 Å². The summed E-state index contributed by atoms with van der Waals surface area (Å²) in [6, 6.07) is 8.75. The molecule has 0 saturated carbocycles. The molecule has 1 aromatic carbocycles. The van der Waals surface area contributed by atoms with Gasteiger partial charge in [0, 0.05) is 19.5 Å². The van der Waals surface area contributed by atoms with Gasteiger partial charge in [-0.2, -0.15) is 4.98 Å². The topological polar surface area (TPSA) is 51.0 Å². The number of aromatic nitrogens is 2. The van der Waals surface area contributed by atoms with Crippen LogP contribution in [-0.2, 0) is 13.0 Å². The summed E-state index contributed by atoms with van der Waals surface area (Å²) in [5.74, 6) is 1.97. The van der Waals surface area contributed by atoms with Gasteiger partial charge in [0.2, 0.25) is 5.89 Å². The number of aryl methyl sites for hydroxylation is 1. The molecule has 0 aliphatic carbocycles. The van der Waals surface area contributed by atoms with E-state index in [1.165, 1.54) is 11.1 Å². The van der Waals surface area contributed by atoms with E-state index >= 15 is 0 Å². The summed E-state index contributed by atoms with van der Waals surface area (Å²) in [5.41, 5.74) is 2.68. The molecule has 0 unspecified atom stereocenters. The van der Waals surface area contributed by atoms with E-state index in [1.54, 1.807) is 0 Å². The highest BCUT2D eigenvalue weighted by Crippen LogP contribution is 2.14. The molecule has 0 amide bonds. The second-order valence-electron chi connectivity index (χ2n) is 5.06. The monoisotopic (exact) mass is 259 g/mol. The number of nitrogens with zero attached hydrogens (tertiary/aromatic N) is 2. The first-order valence-corrected chi connectivity index (χ1v) is 6.74. The summed E-state index contributed by atoms with van der Waals surface area (Å²) in [6.07, 6.45) is 0.769. The van der Waals surface area contributed by atoms with Gasteiger partial charge in [0.1, 0.15) is 0 Å². The van der Waals surface area contributed by atoms with E-state index in [9.17, 15) is 0 Å². The van der Waals surface area contributed by atoms with Gasteiger partial charge in [-0.25, -0.2) is 0 Å². The Morgan fingerprint density at radius 1 is 1.21 bits per heavy atom. The van der Waals surface area contributed by atoms with Gasteiger partial charge in [-0.15, -0.1) is 0 Å². The zero-order valence-electron chi connectivity index (χ0n) is 11.8. The maximum absolute atomic E-state index is 5.06. The molecule has 2 rings (SSSR count). The van der Waals surface area contributed by atoms with Crippen LogP contribution in [0.3, 0.4) is 0 Å². The first kappa shape index (κ1) is 13.7. The zero-order chi connectivity index (χ0) is 13.7. The lowest BCUT2D eigenvalue weighted by molar-refractivity contribution is 0.372. The van der Waals surface area contributed by atoms with Crippen molar-refractivity contribution in [3.05, 3.63) is 47.1 Å². The molecular formula is C15H21N3O. The molecule has 0 saturated heterocycles. The van der Waals surface area contributed by atoms with Crippen molar-refractivity contribution in [3.63, 3.8) is 0 Å². The summed E-state index contributed by atoms with van der Waals surface area (Å²) in [6.45, 7) is 7.95. The van der Waals surface area contributed by atoms with Gasteiger partial charge in [-0.05, 0) is 24.0 Å². The van der Waals surface area contributed by atoms with Crippen molar-refractivity contribution in [2.24, 2.45) is 0 Å². The van der Waals surface area contributed by atoms with Gasteiger partial charge >= 0.3 is 0 Å². The van der Waals surface area contributed by atoms with Gasteiger partial charge in [0.15, 0.2) is 5.82 Å². The number of nitrogens with one attached hydrogen (secondary N) is 1. The Balaban J connectivity index is 1.73. The molecule has 0 aliphatic heterocycles. The van der Waals surface area contributed by atoms with E-state index < -0.39 is 0 Å². The van der Waals surface area contributed by atoms with Crippen molar-refractivity contribution in [2.75, 3.05) is 6.54 Å². The molecule has 4 heteroatoms. The zero-order valence-corrected chi connectivity index (χ0v) is 11.8. The third-order valence-corrected chi connectivity index (χ3v) is 3.06. The Hall–Kier alpha value is -1.68. The second-order valence-corrected chi connectivity index (χ2v) is 5.06. The summed E-state index contributed by atoms with van der Waals surface area (Å²) < 4.78 is 5.06. The fourth-order valence-electron chi connectivity index (χ4n) is 1.89. The lowest BCUT2D eigenvalue weighted by Gasteiger charge is -2.07. The van der Waals surface area contributed by atoms with E-state index in [2.05, 4.69) is 53.6 Å². The van der Waals surface area contributed by atoms with Gasteiger partial charge in [0.05, 0.1) is 0 Å². The van der Waals surface area contributed by atoms with Crippen LogP contribution < -0.4 is 5.32 Å². The minimum Gasteiger partial charge on any atom is -0.339 e. The second kappa shape index (κ2) is 6.48. The quantitative estimate of drug-likeness (QED) is 0.810. The smallest absolute Gasteiger partial charge is 0.227 e. The third-order valence-electron chi connectivity index (χ3n) is 3.06. The summed E-state index contributed by atoms with van der Waals surface area (Å²) >= 11 is 0. The van der Waals surface area contributed by atoms with Crippen molar-refractivity contribution in [1.29, 1.82) is 0 Å². The predicted molar refractivity (Wildman–Crippen MR) is 75.0 cm³/mol. The molecule has 1 heterocycles. The van der Waals surface area contributed by atoms with E-state index in [-0.39, 0.29) is 0 Å². The molecule has 1 N–H and O–H groups in total. The largest absolute Gasteiger partial charge is 0.339 e. The molecule has 1 aromatic heterocycles. The van der Waals surface area contributed by atoms with Crippen molar-refractivity contribution in [3.8, 4) is 0 Å². The lowest BCUT2D eigenvalue weighted by atomic mass is 10.0. The Labute approximate surface area is 114 Å². The molecule has 2 aromatic rings. The van der Waals surface area contributed by atoms with Crippen molar-refractivity contribution < 1.29 is 4.52 Å². The highest BCUT2D eigenvalue weighted by atomic mass is 16.5. The van der Waals surface area contributed by atoms with Crippen LogP contribution in [-0.4, -0.2) is 16.7 Å². The summed E-state index contributed by atoms with van der Waals surface area (Å²) in [4.78, 5) is 4.17. The highest BCUT2D eigenvalue weighted by molar-refractivity contribution is 5.24. The normalized spacial score (nSPS) is 11.2. The first-order chi connectivity index (χ1) is 9.15. The Morgan fingerprint density at radius 2 is 1.95 bits per heavy atom. The molecular weight excluding hydrogens is 238 g/mol. The number of rotatable bonds is 6. The Morgan fingerprint density at radius 3 is 2.53 bits per heavy atom. The molecule has 0 fully saturated rings. The average Bonchev–Trinajstić information content (AvgIpc) is 2.81. The lowest BCUT2D eigenvalue weighted by Crippen LogP contribution is -2.16. The fourth-order valence-corrected chi connectivity index (χ4v) is 1.89. The minimum absolute atomic E-state index is 0.586. The van der Waals surface area contributed by atoms with Crippen LogP contribution in [0.4, 0.5) is 0 Å². The van der Waals surface area contributed by atoms with Gasteiger partial charge in [-0.3, -0.25) is 0 Å². The van der Waals surface area contributed by atoms with Crippen LogP contribution in [0.2, 0.25) is 0 Å². The van der Waals surface area contributed by atoms with E-state index in [0.717, 1.165) is 19.5 Å². The first-order valence-electron chi connectivity index (χ1n) is 6.74. The molecule has 19 heavy (non-hydrogen) atoms. The van der Waals surface area contributed by atoms with Crippen LogP contribution in [0.15, 0.2) is 28.8 Å². The number of hydrogen-bond acceptors (Lipinski definition) is 4. The predicted octanol–water partition coefficient (Wildman–Crippen LogP) is 2.83. The van der Waals surface area contributed by atoms with Crippen LogP contribution in [0.25, 0.3) is 0 Å². The standard InChI is InChI=1S/C15H21N3O/c1-11(2)14-6-4-13(5-7-14)10-16-9-8-15-17-12(3)18-19-15/h4-7,11,16H,8-10H2,1-3H3. The average molecular weight is 259 g/mol. The SMILES string of the molecule is Cc1noc(CCNCc2ccc(C(C)C)cc2)n1. The summed E-state index contributed by atoms with van der Waals surface area (Å²) in [5, 5.41) is 7.15. The Kier molecular flexibility index (Phi) is 4.68. The summed E-state index contributed by atoms with van der Waals surface area (Å²) in [7, 11) is 0. The van der Waals surface area contributed by atoms with Crippen LogP contribution in [0.1, 0.15) is 42.6 Å². The molecule has 0 radical (unpaired) electrons. The number of hydrogen-bond donors (Lipinski definition) is 1. The van der Waals surface area contributed by atoms with Crippen molar-refractivity contribution in [2.45, 2.75) is 39.7 Å². The molecule has 0 spiro atoms. The molecule has 4 nitrogen and oxygen atoms in total. The molecule has 0 aliphatic rings. The van der Waals surface area contributed by atoms with Crippen LogP contribution >= 0.6 is 0 Å². The van der Waals surface area contributed by atoms with Gasteiger partial charge < -0.3 is 9.84 Å². The van der Waals surface area contributed by atoms with Crippen molar-refractivity contribution >= 4 is 0 Å². The maximum Gasteiger partial charge on any atom is 0.227 e. The van der Waals surface area contributed by atoms with E-state index in [4.69, 9.17) is 4.52 Å². The number of benzene rings is 1. The van der Waals surface area contributed by atoms with Crippen LogP contribution in [0, 0.1) is 6.92 Å². The van der Waals surface area contributed by atoms with Gasteiger partial charge in [0.25, 0.3) is 0 Å². The Bertz CT molecular complexity index is 502. The minimum atomic E-state index is 0.586. The third kappa shape index (κ3) is 4.17. The molecule has 0 atom stereocenters. The van der Waals surface area contributed by atoms with Crippen LogP contribution in [0.5, 0.6) is 0 Å².